The molecular weight excluding hydrogens is 198 g/mol. The van der Waals surface area contributed by atoms with Crippen LogP contribution in [0.3, 0.4) is 0 Å². The largest absolute Gasteiger partial charge is 0.348 e. The molecule has 0 saturated heterocycles. The Morgan fingerprint density at radius 1 is 1.33 bits per heavy atom. The number of rotatable bonds is 2. The van der Waals surface area contributed by atoms with Crippen molar-refractivity contribution in [3.63, 3.8) is 0 Å². The Morgan fingerprint density at radius 2 is 2.13 bits per heavy atom. The van der Waals surface area contributed by atoms with Crippen LogP contribution in [0, 0.1) is 18.6 Å². The van der Waals surface area contributed by atoms with Gasteiger partial charge in [-0.3, -0.25) is 0 Å². The summed E-state index contributed by atoms with van der Waals surface area (Å²) >= 11 is 0. The molecule has 1 aromatic heterocycles. The molecule has 0 bridgehead atoms. The lowest BCUT2D eigenvalue weighted by Crippen LogP contribution is -2.00. The first kappa shape index (κ1) is 9.83. The fourth-order valence-electron chi connectivity index (χ4n) is 1.44. The first-order valence-electron chi connectivity index (χ1n) is 4.60. The number of imidazole rings is 1. The fraction of sp³-hybridized carbons (Fsp3) is 0.182. The van der Waals surface area contributed by atoms with Crippen molar-refractivity contribution >= 4 is 0 Å². The summed E-state index contributed by atoms with van der Waals surface area (Å²) in [5.41, 5.74) is 0.503. The van der Waals surface area contributed by atoms with Crippen LogP contribution >= 0.6 is 0 Å². The molecule has 2 nitrogen and oxygen atoms in total. The van der Waals surface area contributed by atoms with Crippen LogP contribution in [0.25, 0.3) is 0 Å². The Bertz CT molecular complexity index is 464. The summed E-state index contributed by atoms with van der Waals surface area (Å²) in [7, 11) is 0. The number of aromatic nitrogens is 2. The Hall–Kier alpha value is -1.71. The third kappa shape index (κ3) is 1.88. The van der Waals surface area contributed by atoms with E-state index in [0.29, 0.717) is 11.4 Å². The molecular formula is C11H10F2N2. The highest BCUT2D eigenvalue weighted by molar-refractivity contribution is 5.28. The maximum atomic E-state index is 13.6. The van der Waals surface area contributed by atoms with E-state index in [1.165, 1.54) is 12.1 Å². The van der Waals surface area contributed by atoms with Gasteiger partial charge in [0, 0.05) is 24.4 Å². The predicted octanol–water partition coefficient (Wildman–Crippen LogP) is 2.59. The van der Waals surface area contributed by atoms with Crippen LogP contribution in [-0.4, -0.2) is 9.97 Å². The van der Waals surface area contributed by atoms with Crippen LogP contribution in [-0.2, 0) is 6.42 Å². The molecule has 0 spiro atoms. The summed E-state index contributed by atoms with van der Waals surface area (Å²) < 4.78 is 26.9. The molecule has 0 aliphatic rings. The Labute approximate surface area is 86.0 Å². The zero-order chi connectivity index (χ0) is 10.8. The molecule has 2 rings (SSSR count). The van der Waals surface area contributed by atoms with Crippen molar-refractivity contribution in [2.24, 2.45) is 0 Å². The Kier molecular flexibility index (Phi) is 2.49. The summed E-state index contributed by atoms with van der Waals surface area (Å²) in [6, 6.07) is 2.70. The number of nitrogens with zero attached hydrogens (tertiary/aromatic N) is 1. The Balaban J connectivity index is 2.39. The molecule has 4 heteroatoms. The molecule has 0 fully saturated rings. The van der Waals surface area contributed by atoms with Gasteiger partial charge >= 0.3 is 0 Å². The van der Waals surface area contributed by atoms with Gasteiger partial charge in [-0.25, -0.2) is 13.8 Å². The predicted molar refractivity (Wildman–Crippen MR) is 52.5 cm³/mol. The maximum Gasteiger partial charge on any atom is 0.132 e. The van der Waals surface area contributed by atoms with E-state index < -0.39 is 11.6 Å². The van der Waals surface area contributed by atoms with E-state index in [1.54, 1.807) is 19.3 Å². The topological polar surface area (TPSA) is 28.7 Å². The monoisotopic (exact) mass is 208 g/mol. The standard InChI is InChI=1S/C11H10F2N2/c1-7-2-3-9(12)8(11(7)13)6-10-14-4-5-15-10/h2-5H,6H2,1H3,(H,14,15). The van der Waals surface area contributed by atoms with Crippen molar-refractivity contribution in [3.05, 3.63) is 53.1 Å². The number of nitrogens with one attached hydrogen (secondary N) is 1. The molecule has 0 aliphatic carbocycles. The normalized spacial score (nSPS) is 10.6. The van der Waals surface area contributed by atoms with Crippen molar-refractivity contribution in [1.29, 1.82) is 0 Å². The van der Waals surface area contributed by atoms with Crippen molar-refractivity contribution in [2.45, 2.75) is 13.3 Å². The molecule has 1 heterocycles. The molecule has 0 atom stereocenters. The van der Waals surface area contributed by atoms with Crippen molar-refractivity contribution in [2.75, 3.05) is 0 Å². The Morgan fingerprint density at radius 3 is 2.80 bits per heavy atom. The molecule has 1 aromatic carbocycles. The van der Waals surface area contributed by atoms with Crippen LogP contribution in [0.4, 0.5) is 8.78 Å². The van der Waals surface area contributed by atoms with E-state index >= 15 is 0 Å². The minimum absolute atomic E-state index is 0.0601. The number of halogens is 2. The summed E-state index contributed by atoms with van der Waals surface area (Å²) in [6.07, 6.45) is 3.33. The minimum Gasteiger partial charge on any atom is -0.348 e. The number of hydrogen-bond acceptors (Lipinski definition) is 1. The van der Waals surface area contributed by atoms with Crippen LogP contribution in [0.2, 0.25) is 0 Å². The van der Waals surface area contributed by atoms with E-state index in [0.717, 1.165) is 0 Å². The van der Waals surface area contributed by atoms with Crippen LogP contribution in [0.5, 0.6) is 0 Å². The summed E-state index contributed by atoms with van der Waals surface area (Å²) in [4.78, 5) is 6.75. The smallest absolute Gasteiger partial charge is 0.132 e. The first-order chi connectivity index (χ1) is 7.18. The fourth-order valence-corrected chi connectivity index (χ4v) is 1.44. The van der Waals surface area contributed by atoms with E-state index in [1.807, 2.05) is 0 Å². The highest BCUT2D eigenvalue weighted by Gasteiger charge is 2.12. The second-order valence-corrected chi connectivity index (χ2v) is 3.37. The van der Waals surface area contributed by atoms with E-state index in [2.05, 4.69) is 9.97 Å². The number of aromatic amines is 1. The quantitative estimate of drug-likeness (QED) is 0.807. The number of aryl methyl sites for hydroxylation is 1. The van der Waals surface area contributed by atoms with E-state index in [4.69, 9.17) is 0 Å². The van der Waals surface area contributed by atoms with E-state index in [-0.39, 0.29) is 12.0 Å². The molecule has 0 unspecified atom stereocenters. The third-order valence-corrected chi connectivity index (χ3v) is 2.28. The second-order valence-electron chi connectivity index (χ2n) is 3.37. The van der Waals surface area contributed by atoms with Crippen molar-refractivity contribution in [1.82, 2.24) is 9.97 Å². The van der Waals surface area contributed by atoms with Gasteiger partial charge in [0.1, 0.15) is 17.5 Å². The average Bonchev–Trinajstić information content (AvgIpc) is 2.71. The number of hydrogen-bond donors (Lipinski definition) is 1. The van der Waals surface area contributed by atoms with Crippen molar-refractivity contribution < 1.29 is 8.78 Å². The van der Waals surface area contributed by atoms with Crippen LogP contribution in [0.15, 0.2) is 24.5 Å². The van der Waals surface area contributed by atoms with Gasteiger partial charge in [0.15, 0.2) is 0 Å². The summed E-state index contributed by atoms with van der Waals surface area (Å²) in [5, 5.41) is 0. The lowest BCUT2D eigenvalue weighted by molar-refractivity contribution is 0.554. The molecule has 15 heavy (non-hydrogen) atoms. The highest BCUT2D eigenvalue weighted by atomic mass is 19.1. The average molecular weight is 208 g/mol. The molecule has 0 aliphatic heterocycles. The molecule has 2 aromatic rings. The molecule has 78 valence electrons. The SMILES string of the molecule is Cc1ccc(F)c(Cc2ncc[nH]2)c1F. The zero-order valence-corrected chi connectivity index (χ0v) is 8.22. The lowest BCUT2D eigenvalue weighted by atomic mass is 10.1. The van der Waals surface area contributed by atoms with Gasteiger partial charge < -0.3 is 4.98 Å². The first-order valence-corrected chi connectivity index (χ1v) is 4.60. The van der Waals surface area contributed by atoms with Gasteiger partial charge in [0.25, 0.3) is 0 Å². The van der Waals surface area contributed by atoms with Gasteiger partial charge in [0.05, 0.1) is 0 Å². The zero-order valence-electron chi connectivity index (χ0n) is 8.22. The molecule has 1 N–H and O–H groups in total. The van der Waals surface area contributed by atoms with Crippen molar-refractivity contribution in [3.8, 4) is 0 Å². The highest BCUT2D eigenvalue weighted by Crippen LogP contribution is 2.18. The minimum atomic E-state index is -0.533. The van der Waals surface area contributed by atoms with Crippen LogP contribution in [0.1, 0.15) is 17.0 Å². The maximum absolute atomic E-state index is 13.6. The van der Waals surface area contributed by atoms with E-state index in [9.17, 15) is 8.78 Å². The molecule has 0 saturated carbocycles. The van der Waals surface area contributed by atoms with Crippen LogP contribution < -0.4 is 0 Å². The molecule has 0 radical (unpaired) electrons. The third-order valence-electron chi connectivity index (χ3n) is 2.28. The van der Waals surface area contributed by atoms with Gasteiger partial charge in [-0.1, -0.05) is 6.07 Å². The van der Waals surface area contributed by atoms with Gasteiger partial charge in [-0.15, -0.1) is 0 Å². The number of benzene rings is 1. The second kappa shape index (κ2) is 3.81. The number of H-pyrrole nitrogens is 1. The summed E-state index contributed by atoms with van der Waals surface area (Å²) in [5.74, 6) is -0.473. The summed E-state index contributed by atoms with van der Waals surface area (Å²) in [6.45, 7) is 1.61. The lowest BCUT2D eigenvalue weighted by Gasteiger charge is -2.05. The van der Waals surface area contributed by atoms with Gasteiger partial charge in [-0.2, -0.15) is 0 Å². The van der Waals surface area contributed by atoms with Gasteiger partial charge in [-0.05, 0) is 18.6 Å². The van der Waals surface area contributed by atoms with Gasteiger partial charge in [0.2, 0.25) is 0 Å². The molecule has 0 amide bonds.